The normalized spacial score (nSPS) is 13.3. The van der Waals surface area contributed by atoms with Gasteiger partial charge in [0.2, 0.25) is 11.7 Å². The number of anilines is 1. The summed E-state index contributed by atoms with van der Waals surface area (Å²) in [5.74, 6) is 0.527. The number of rotatable bonds is 6. The van der Waals surface area contributed by atoms with Crippen LogP contribution in [0.25, 0.3) is 22.7 Å². The van der Waals surface area contributed by atoms with E-state index in [-0.39, 0.29) is 34.8 Å². The molecule has 1 N–H and O–H groups in total. The SMILES string of the molecule is COc1c(-c2nc3ccccc3o2)nc(N(C)C(c2ccccc2)c2ccc3c(c2)C(=O)NC3)n(C)c1=O. The summed E-state index contributed by atoms with van der Waals surface area (Å²) >= 11 is 0. The molecule has 1 amide bonds. The minimum Gasteiger partial charge on any atom is -0.489 e. The van der Waals surface area contributed by atoms with Gasteiger partial charge >= 0.3 is 0 Å². The second-order valence-electron chi connectivity index (χ2n) is 9.17. The van der Waals surface area contributed by atoms with Crippen LogP contribution in [0.2, 0.25) is 0 Å². The van der Waals surface area contributed by atoms with Crippen LogP contribution in [0, 0.1) is 0 Å². The molecule has 0 spiro atoms. The van der Waals surface area contributed by atoms with Crippen LogP contribution in [0.5, 0.6) is 5.75 Å². The molecule has 38 heavy (non-hydrogen) atoms. The van der Waals surface area contributed by atoms with Gasteiger partial charge in [0.15, 0.2) is 11.3 Å². The van der Waals surface area contributed by atoms with Crippen molar-refractivity contribution in [3.05, 3.63) is 105 Å². The van der Waals surface area contributed by atoms with Gasteiger partial charge in [0.1, 0.15) is 5.52 Å². The van der Waals surface area contributed by atoms with Gasteiger partial charge < -0.3 is 19.4 Å². The Kier molecular flexibility index (Phi) is 5.68. The fourth-order valence-electron chi connectivity index (χ4n) is 4.98. The summed E-state index contributed by atoms with van der Waals surface area (Å²) in [4.78, 5) is 37.2. The monoisotopic (exact) mass is 507 g/mol. The number of aromatic nitrogens is 3. The number of fused-ring (bicyclic) bond motifs is 2. The fourth-order valence-corrected chi connectivity index (χ4v) is 4.98. The first-order valence-electron chi connectivity index (χ1n) is 12.2. The molecular weight excluding hydrogens is 482 g/mol. The van der Waals surface area contributed by atoms with Crippen LogP contribution < -0.4 is 20.5 Å². The van der Waals surface area contributed by atoms with Gasteiger partial charge in [-0.15, -0.1) is 0 Å². The molecule has 0 radical (unpaired) electrons. The van der Waals surface area contributed by atoms with E-state index in [9.17, 15) is 9.59 Å². The summed E-state index contributed by atoms with van der Waals surface area (Å²) < 4.78 is 12.9. The molecule has 0 saturated heterocycles. The van der Waals surface area contributed by atoms with Gasteiger partial charge in [-0.3, -0.25) is 14.2 Å². The fraction of sp³-hybridized carbons (Fsp3) is 0.172. The Balaban J connectivity index is 1.53. The highest BCUT2D eigenvalue weighted by Gasteiger charge is 2.29. The smallest absolute Gasteiger partial charge is 0.297 e. The van der Waals surface area contributed by atoms with E-state index >= 15 is 0 Å². The lowest BCUT2D eigenvalue weighted by atomic mass is 9.94. The Bertz CT molecular complexity index is 1710. The minimum absolute atomic E-state index is 0.0432. The van der Waals surface area contributed by atoms with Crippen LogP contribution in [-0.2, 0) is 13.6 Å². The highest BCUT2D eigenvalue weighted by atomic mass is 16.5. The van der Waals surface area contributed by atoms with Gasteiger partial charge in [0.25, 0.3) is 17.4 Å². The summed E-state index contributed by atoms with van der Waals surface area (Å²) in [7, 11) is 4.95. The number of hydrogen-bond acceptors (Lipinski definition) is 7. The molecule has 9 heteroatoms. The Labute approximate surface area is 218 Å². The molecule has 190 valence electrons. The second kappa shape index (κ2) is 9.19. The number of carbonyl (C=O) groups excluding carboxylic acids is 1. The molecule has 0 aliphatic carbocycles. The number of oxazole rings is 1. The molecular formula is C29H25N5O4. The van der Waals surface area contributed by atoms with E-state index in [1.54, 1.807) is 7.05 Å². The van der Waals surface area contributed by atoms with Crippen LogP contribution in [0.1, 0.15) is 33.1 Å². The van der Waals surface area contributed by atoms with Crippen molar-refractivity contribution in [2.24, 2.45) is 7.05 Å². The Morgan fingerprint density at radius 1 is 1.00 bits per heavy atom. The van der Waals surface area contributed by atoms with Crippen LogP contribution in [0.3, 0.4) is 0 Å². The number of hydrogen-bond donors (Lipinski definition) is 1. The highest BCUT2D eigenvalue weighted by molar-refractivity contribution is 5.98. The van der Waals surface area contributed by atoms with Gasteiger partial charge in [-0.1, -0.05) is 54.6 Å². The number of nitrogens with one attached hydrogen (secondary N) is 1. The predicted octanol–water partition coefficient (Wildman–Crippen LogP) is 4.07. The average molecular weight is 508 g/mol. The van der Waals surface area contributed by atoms with Gasteiger partial charge in [-0.05, 0) is 34.9 Å². The maximum absolute atomic E-state index is 13.5. The van der Waals surface area contributed by atoms with E-state index in [4.69, 9.17) is 14.1 Å². The third-order valence-corrected chi connectivity index (χ3v) is 6.88. The average Bonchev–Trinajstić information content (AvgIpc) is 3.54. The first kappa shape index (κ1) is 23.5. The Hall–Kier alpha value is -4.92. The van der Waals surface area contributed by atoms with E-state index in [1.165, 1.54) is 11.7 Å². The van der Waals surface area contributed by atoms with Gasteiger partial charge in [0.05, 0.1) is 13.2 Å². The first-order valence-corrected chi connectivity index (χ1v) is 12.2. The van der Waals surface area contributed by atoms with Gasteiger partial charge in [-0.25, -0.2) is 9.97 Å². The largest absolute Gasteiger partial charge is 0.489 e. The van der Waals surface area contributed by atoms with E-state index in [2.05, 4.69) is 10.3 Å². The van der Waals surface area contributed by atoms with Crippen molar-refractivity contribution in [2.75, 3.05) is 19.1 Å². The van der Waals surface area contributed by atoms with Crippen molar-refractivity contribution in [1.29, 1.82) is 0 Å². The molecule has 0 saturated carbocycles. The van der Waals surface area contributed by atoms with Crippen LogP contribution in [0.15, 0.2) is 82.0 Å². The van der Waals surface area contributed by atoms with Crippen molar-refractivity contribution in [3.8, 4) is 17.3 Å². The lowest BCUT2D eigenvalue weighted by molar-refractivity contribution is 0.0965. The second-order valence-corrected chi connectivity index (χ2v) is 9.17. The zero-order valence-corrected chi connectivity index (χ0v) is 21.1. The topological polar surface area (TPSA) is 102 Å². The summed E-state index contributed by atoms with van der Waals surface area (Å²) in [6.45, 7) is 0.517. The molecule has 1 unspecified atom stereocenters. The first-order chi connectivity index (χ1) is 18.5. The molecule has 2 aromatic heterocycles. The summed E-state index contributed by atoms with van der Waals surface area (Å²) in [6, 6.07) is 22.8. The van der Waals surface area contributed by atoms with Crippen LogP contribution in [-0.4, -0.2) is 34.6 Å². The standard InChI is InChI=1S/C29H25N5O4/c1-33(24(17-9-5-4-6-10-17)18-13-14-19-16-30-26(35)20(19)15-18)29-32-23(25(37-3)28(36)34(29)2)27-31-21-11-7-8-12-22(21)38-27/h4-15,24H,16H2,1-3H3,(H,30,35). The maximum Gasteiger partial charge on any atom is 0.297 e. The zero-order chi connectivity index (χ0) is 26.4. The van der Waals surface area contributed by atoms with Gasteiger partial charge in [0, 0.05) is 26.2 Å². The lowest BCUT2D eigenvalue weighted by Gasteiger charge is -2.31. The lowest BCUT2D eigenvalue weighted by Crippen LogP contribution is -2.33. The number of methoxy groups -OCH3 is 1. The van der Waals surface area contributed by atoms with Crippen LogP contribution in [0.4, 0.5) is 5.95 Å². The van der Waals surface area contributed by atoms with Crippen molar-refractivity contribution >= 4 is 23.0 Å². The third-order valence-electron chi connectivity index (χ3n) is 6.88. The predicted molar refractivity (Wildman–Crippen MR) is 143 cm³/mol. The van der Waals surface area contributed by atoms with Crippen molar-refractivity contribution in [1.82, 2.24) is 19.9 Å². The molecule has 1 atom stereocenters. The van der Waals surface area contributed by atoms with E-state index < -0.39 is 0 Å². The number of amides is 1. The van der Waals surface area contributed by atoms with E-state index in [1.807, 2.05) is 84.7 Å². The van der Waals surface area contributed by atoms with Crippen LogP contribution >= 0.6 is 0 Å². The maximum atomic E-state index is 13.5. The van der Waals surface area contributed by atoms with E-state index in [0.717, 1.165) is 16.7 Å². The summed E-state index contributed by atoms with van der Waals surface area (Å²) in [5.41, 5.74) is 4.56. The van der Waals surface area contributed by atoms with E-state index in [0.29, 0.717) is 29.2 Å². The quantitative estimate of drug-likeness (QED) is 0.370. The molecule has 1 aliphatic rings. The Morgan fingerprint density at radius 2 is 1.76 bits per heavy atom. The number of benzene rings is 3. The molecule has 3 heterocycles. The molecule has 1 aliphatic heterocycles. The molecule has 6 rings (SSSR count). The summed E-state index contributed by atoms with van der Waals surface area (Å²) in [6.07, 6.45) is 0. The number of para-hydroxylation sites is 2. The number of carbonyl (C=O) groups is 1. The Morgan fingerprint density at radius 3 is 2.53 bits per heavy atom. The highest BCUT2D eigenvalue weighted by Crippen LogP contribution is 2.35. The third kappa shape index (κ3) is 3.80. The number of nitrogens with zero attached hydrogens (tertiary/aromatic N) is 4. The van der Waals surface area contributed by atoms with Crippen molar-refractivity contribution < 1.29 is 13.9 Å². The summed E-state index contributed by atoms with van der Waals surface area (Å²) in [5, 5.41) is 2.88. The molecule has 3 aromatic carbocycles. The van der Waals surface area contributed by atoms with Crippen molar-refractivity contribution in [2.45, 2.75) is 12.6 Å². The number of ether oxygens (including phenoxy) is 1. The molecule has 0 bridgehead atoms. The minimum atomic E-state index is -0.373. The molecule has 0 fully saturated rings. The van der Waals surface area contributed by atoms with Crippen molar-refractivity contribution in [3.63, 3.8) is 0 Å². The van der Waals surface area contributed by atoms with Gasteiger partial charge in [-0.2, -0.15) is 0 Å². The zero-order valence-electron chi connectivity index (χ0n) is 21.1. The molecule has 5 aromatic rings. The molecule has 9 nitrogen and oxygen atoms in total.